The quantitative estimate of drug-likeness (QED) is 0.476. The van der Waals surface area contributed by atoms with E-state index in [4.69, 9.17) is 0 Å². The Hall–Kier alpha value is -0.260. The van der Waals surface area contributed by atoms with Crippen LogP contribution in [0, 0.1) is 5.92 Å². The van der Waals surface area contributed by atoms with Crippen LogP contribution in [0.3, 0.4) is 0 Å². The zero-order valence-electron chi connectivity index (χ0n) is 12.0. The fraction of sp³-hybridized carbons (Fsp3) is 0.857. The first-order chi connectivity index (χ1) is 6.56. The molecule has 0 fully saturated rings. The van der Waals surface area contributed by atoms with Gasteiger partial charge in [-0.1, -0.05) is 73.8 Å². The first kappa shape index (κ1) is 23.5. The average molecular weight is 202 g/mol. The van der Waals surface area contributed by atoms with Crippen molar-refractivity contribution in [3.63, 3.8) is 0 Å². The maximum atomic E-state index is 3.36. The first-order valence-corrected chi connectivity index (χ1v) is 6.13. The zero-order chi connectivity index (χ0) is 12.4. The van der Waals surface area contributed by atoms with E-state index >= 15 is 0 Å². The molecule has 0 aromatic heterocycles. The van der Waals surface area contributed by atoms with Crippen LogP contribution >= 0.6 is 0 Å². The van der Waals surface area contributed by atoms with E-state index in [2.05, 4.69) is 41.2 Å². The molecule has 0 bridgehead atoms. The zero-order valence-corrected chi connectivity index (χ0v) is 12.0. The van der Waals surface area contributed by atoms with Gasteiger partial charge in [0.05, 0.1) is 0 Å². The van der Waals surface area contributed by atoms with Crippen LogP contribution in [-0.2, 0) is 0 Å². The number of hydrogen-bond acceptors (Lipinski definition) is 0. The average Bonchev–Trinajstić information content (AvgIpc) is 2.09. The number of unbranched alkanes of at least 4 members (excludes halogenated alkanes) is 2. The SMILES string of the molecule is C=CC.CC.CC(C)C.CCCCC. The van der Waals surface area contributed by atoms with E-state index in [1.807, 2.05) is 20.8 Å². The summed E-state index contributed by atoms with van der Waals surface area (Å²) in [6, 6.07) is 0. The van der Waals surface area contributed by atoms with Crippen molar-refractivity contribution in [3.05, 3.63) is 12.7 Å². The van der Waals surface area contributed by atoms with Crippen molar-refractivity contribution in [1.82, 2.24) is 0 Å². The van der Waals surface area contributed by atoms with Gasteiger partial charge < -0.3 is 0 Å². The topological polar surface area (TPSA) is 0 Å². The molecule has 0 radical (unpaired) electrons. The fourth-order valence-electron chi connectivity index (χ4n) is 0.354. The normalized spacial score (nSPS) is 6.93. The van der Waals surface area contributed by atoms with Crippen molar-refractivity contribution in [2.75, 3.05) is 0 Å². The Morgan fingerprint density at radius 3 is 1.14 bits per heavy atom. The summed E-state index contributed by atoms with van der Waals surface area (Å²) in [5, 5.41) is 0. The van der Waals surface area contributed by atoms with Crippen molar-refractivity contribution >= 4 is 0 Å². The van der Waals surface area contributed by atoms with E-state index < -0.39 is 0 Å². The van der Waals surface area contributed by atoms with E-state index in [1.54, 1.807) is 6.08 Å². The van der Waals surface area contributed by atoms with Gasteiger partial charge in [0, 0.05) is 0 Å². The molecule has 90 valence electrons. The molecule has 0 saturated carbocycles. The highest BCUT2D eigenvalue weighted by molar-refractivity contribution is 4.51. The Kier molecular flexibility index (Phi) is 64.9. The second kappa shape index (κ2) is 38.7. The molecule has 0 nitrogen and oxygen atoms in total. The molecule has 0 aliphatic rings. The highest BCUT2D eigenvalue weighted by Crippen LogP contribution is 1.88. The molecule has 0 heterocycles. The van der Waals surface area contributed by atoms with Gasteiger partial charge in [-0.2, -0.15) is 0 Å². The second-order valence-corrected chi connectivity index (χ2v) is 3.49. The third-order valence-corrected chi connectivity index (χ3v) is 0.707. The van der Waals surface area contributed by atoms with E-state index in [-0.39, 0.29) is 0 Å². The molecule has 0 aliphatic heterocycles. The summed E-state index contributed by atoms with van der Waals surface area (Å²) in [7, 11) is 0. The molecule has 0 rings (SSSR count). The van der Waals surface area contributed by atoms with Crippen molar-refractivity contribution in [2.24, 2.45) is 5.92 Å². The summed E-state index contributed by atoms with van der Waals surface area (Å²) >= 11 is 0. The van der Waals surface area contributed by atoms with Crippen LogP contribution in [-0.4, -0.2) is 0 Å². The van der Waals surface area contributed by atoms with Gasteiger partial charge in [-0.05, 0) is 12.8 Å². The molecular formula is C14H34. The summed E-state index contributed by atoms with van der Waals surface area (Å²) in [6.45, 7) is 20.2. The lowest BCUT2D eigenvalue weighted by atomic mass is 10.3. The number of allylic oxidation sites excluding steroid dienone is 1. The summed E-state index contributed by atoms with van der Waals surface area (Å²) in [4.78, 5) is 0. The van der Waals surface area contributed by atoms with Crippen LogP contribution < -0.4 is 0 Å². The fourth-order valence-corrected chi connectivity index (χ4v) is 0.354. The van der Waals surface area contributed by atoms with E-state index in [0.29, 0.717) is 0 Å². The molecule has 0 N–H and O–H groups in total. The summed E-state index contributed by atoms with van der Waals surface area (Å²) < 4.78 is 0. The van der Waals surface area contributed by atoms with Crippen molar-refractivity contribution in [3.8, 4) is 0 Å². The molecule has 0 aromatic rings. The highest BCUT2D eigenvalue weighted by atomic mass is 13.7. The monoisotopic (exact) mass is 202 g/mol. The Morgan fingerprint density at radius 1 is 1.00 bits per heavy atom. The molecule has 0 unspecified atom stereocenters. The Bertz CT molecular complexity index is 48.3. The summed E-state index contributed by atoms with van der Waals surface area (Å²) in [6.07, 6.45) is 5.83. The van der Waals surface area contributed by atoms with Crippen molar-refractivity contribution in [1.29, 1.82) is 0 Å². The molecule has 0 heteroatoms. The lowest BCUT2D eigenvalue weighted by molar-refractivity contribution is 0.737. The van der Waals surface area contributed by atoms with Crippen LogP contribution in [0.4, 0.5) is 0 Å². The molecule has 0 saturated heterocycles. The van der Waals surface area contributed by atoms with Gasteiger partial charge >= 0.3 is 0 Å². The van der Waals surface area contributed by atoms with Gasteiger partial charge in [0.15, 0.2) is 0 Å². The Morgan fingerprint density at radius 2 is 1.14 bits per heavy atom. The van der Waals surface area contributed by atoms with Gasteiger partial charge in [0.2, 0.25) is 0 Å². The van der Waals surface area contributed by atoms with Crippen LogP contribution in [0.25, 0.3) is 0 Å². The minimum atomic E-state index is 0.833. The van der Waals surface area contributed by atoms with Gasteiger partial charge in [-0.15, -0.1) is 6.58 Å². The molecule has 14 heavy (non-hydrogen) atoms. The van der Waals surface area contributed by atoms with Gasteiger partial charge in [0.1, 0.15) is 0 Å². The molecule has 0 spiro atoms. The largest absolute Gasteiger partial charge is 0.103 e. The first-order valence-electron chi connectivity index (χ1n) is 6.13. The Balaban J connectivity index is -0.0000000505. The minimum absolute atomic E-state index is 0.833. The van der Waals surface area contributed by atoms with Crippen LogP contribution in [0.15, 0.2) is 12.7 Å². The molecule has 0 aliphatic carbocycles. The molecular weight excluding hydrogens is 168 g/mol. The van der Waals surface area contributed by atoms with E-state index in [1.165, 1.54) is 19.3 Å². The lowest BCUT2D eigenvalue weighted by Crippen LogP contribution is -1.66. The Labute approximate surface area is 93.8 Å². The van der Waals surface area contributed by atoms with Crippen molar-refractivity contribution < 1.29 is 0 Å². The number of hydrogen-bond donors (Lipinski definition) is 0. The highest BCUT2D eigenvalue weighted by Gasteiger charge is 1.68. The smallest absolute Gasteiger partial charge is 0.0473 e. The third kappa shape index (κ3) is 447. The van der Waals surface area contributed by atoms with Gasteiger partial charge in [-0.25, -0.2) is 0 Å². The second-order valence-electron chi connectivity index (χ2n) is 3.49. The molecule has 0 atom stereocenters. The minimum Gasteiger partial charge on any atom is -0.103 e. The van der Waals surface area contributed by atoms with E-state index in [9.17, 15) is 0 Å². The summed E-state index contributed by atoms with van der Waals surface area (Å²) in [5.74, 6) is 0.833. The summed E-state index contributed by atoms with van der Waals surface area (Å²) in [5.41, 5.74) is 0. The maximum Gasteiger partial charge on any atom is -0.0473 e. The predicted octanol–water partition coefficient (Wildman–Crippen LogP) is 6.08. The van der Waals surface area contributed by atoms with Crippen LogP contribution in [0.5, 0.6) is 0 Å². The maximum absolute atomic E-state index is 3.36. The van der Waals surface area contributed by atoms with Crippen molar-refractivity contribution in [2.45, 2.75) is 74.7 Å². The van der Waals surface area contributed by atoms with Crippen LogP contribution in [0.2, 0.25) is 0 Å². The third-order valence-electron chi connectivity index (χ3n) is 0.707. The van der Waals surface area contributed by atoms with E-state index in [0.717, 1.165) is 5.92 Å². The van der Waals surface area contributed by atoms with Gasteiger partial charge in [0.25, 0.3) is 0 Å². The van der Waals surface area contributed by atoms with Gasteiger partial charge in [-0.3, -0.25) is 0 Å². The standard InChI is InChI=1S/C5H12.C4H10.C3H6.C2H6/c1-3-5-4-2;1-4(2)3;1-3-2;1-2/h3-5H2,1-2H3;4H,1-3H3;3H,1H2,2H3;1-2H3. The molecule has 0 aromatic carbocycles. The van der Waals surface area contributed by atoms with Crippen LogP contribution in [0.1, 0.15) is 74.7 Å². The predicted molar refractivity (Wildman–Crippen MR) is 72.9 cm³/mol. The number of rotatable bonds is 2. The molecule has 0 amide bonds. The lowest BCUT2D eigenvalue weighted by Gasteiger charge is -1.79.